The molecule has 0 aliphatic carbocycles. The minimum atomic E-state index is -0.502. The van der Waals surface area contributed by atoms with Gasteiger partial charge in [-0.2, -0.15) is 0 Å². The van der Waals surface area contributed by atoms with Crippen molar-refractivity contribution in [1.29, 1.82) is 0 Å². The summed E-state index contributed by atoms with van der Waals surface area (Å²) >= 11 is 6.04. The minimum absolute atomic E-state index is 0.150. The average molecular weight is 439 g/mol. The van der Waals surface area contributed by atoms with E-state index in [1.807, 2.05) is 11.8 Å². The summed E-state index contributed by atoms with van der Waals surface area (Å²) in [5, 5.41) is 0.549. The molecule has 5 rings (SSSR count). The zero-order valence-corrected chi connectivity index (χ0v) is 17.6. The Bertz CT molecular complexity index is 1130. The van der Waals surface area contributed by atoms with Gasteiger partial charge >= 0.3 is 0 Å². The third kappa shape index (κ3) is 3.61. The molecule has 0 N–H and O–H groups in total. The molecule has 0 bridgehead atoms. The molecular formula is C22H20ClFN6O. The van der Waals surface area contributed by atoms with Crippen LogP contribution in [0.2, 0.25) is 5.02 Å². The van der Waals surface area contributed by atoms with Gasteiger partial charge in [-0.25, -0.2) is 24.3 Å². The summed E-state index contributed by atoms with van der Waals surface area (Å²) in [4.78, 5) is 34.4. The molecule has 2 aliphatic rings. The second-order valence-corrected chi connectivity index (χ2v) is 8.38. The number of halogens is 2. The maximum absolute atomic E-state index is 14.6. The number of aryl methyl sites for hydroxylation is 1. The van der Waals surface area contributed by atoms with Crippen LogP contribution in [0.4, 0.5) is 10.3 Å². The molecule has 2 atom stereocenters. The number of benzene rings is 1. The van der Waals surface area contributed by atoms with Crippen molar-refractivity contribution in [3.8, 4) is 11.4 Å². The third-order valence-electron chi connectivity index (χ3n) is 6.00. The van der Waals surface area contributed by atoms with Crippen LogP contribution in [0.3, 0.4) is 0 Å². The average Bonchev–Trinajstić information content (AvgIpc) is 3.35. The standard InChI is InChI=1S/C22H20ClFN6O/c1-13-17(23)8-27-22(28-13)30-11-14-9-29(10-15(14)12-30)21(31)16-4-2-5-18(24)19(16)20-25-6-3-7-26-20/h2-8,14-15H,9-12H2,1H3. The first-order valence-corrected chi connectivity index (χ1v) is 10.5. The molecule has 0 radical (unpaired) electrons. The molecule has 7 nitrogen and oxygen atoms in total. The van der Waals surface area contributed by atoms with Gasteiger partial charge in [0.2, 0.25) is 5.95 Å². The molecule has 158 valence electrons. The maximum atomic E-state index is 14.6. The van der Waals surface area contributed by atoms with E-state index < -0.39 is 5.82 Å². The van der Waals surface area contributed by atoms with Crippen LogP contribution in [-0.4, -0.2) is 56.9 Å². The summed E-state index contributed by atoms with van der Waals surface area (Å²) in [5.74, 6) is 0.814. The van der Waals surface area contributed by atoms with Crippen molar-refractivity contribution in [2.45, 2.75) is 6.92 Å². The molecule has 9 heteroatoms. The number of amides is 1. The SMILES string of the molecule is Cc1nc(N2CC3CN(C(=O)c4cccc(F)c4-c4ncccn4)CC3C2)ncc1Cl. The fraction of sp³-hybridized carbons (Fsp3) is 0.318. The summed E-state index contributed by atoms with van der Waals surface area (Å²) in [6, 6.07) is 6.17. The van der Waals surface area contributed by atoms with Gasteiger partial charge in [-0.15, -0.1) is 0 Å². The lowest BCUT2D eigenvalue weighted by molar-refractivity contribution is 0.0783. The topological polar surface area (TPSA) is 75.1 Å². The Morgan fingerprint density at radius 3 is 2.45 bits per heavy atom. The second-order valence-electron chi connectivity index (χ2n) is 7.97. The Morgan fingerprint density at radius 1 is 1.06 bits per heavy atom. The Morgan fingerprint density at radius 2 is 1.77 bits per heavy atom. The number of hydrogen-bond acceptors (Lipinski definition) is 6. The fourth-order valence-corrected chi connectivity index (χ4v) is 4.53. The highest BCUT2D eigenvalue weighted by atomic mass is 35.5. The van der Waals surface area contributed by atoms with Gasteiger partial charge in [-0.05, 0) is 25.1 Å². The first-order valence-electron chi connectivity index (χ1n) is 10.1. The molecule has 0 saturated carbocycles. The Labute approximate surface area is 183 Å². The van der Waals surface area contributed by atoms with Crippen molar-refractivity contribution < 1.29 is 9.18 Å². The first kappa shape index (κ1) is 19.8. The van der Waals surface area contributed by atoms with Crippen molar-refractivity contribution in [3.05, 3.63) is 65.0 Å². The molecular weight excluding hydrogens is 419 g/mol. The summed E-state index contributed by atoms with van der Waals surface area (Å²) in [5.41, 5.74) is 1.19. The number of carbonyl (C=O) groups is 1. The van der Waals surface area contributed by atoms with Gasteiger partial charge in [0, 0.05) is 50.4 Å². The van der Waals surface area contributed by atoms with Crippen LogP contribution in [0.1, 0.15) is 16.1 Å². The normalized spacial score (nSPS) is 20.2. The third-order valence-corrected chi connectivity index (χ3v) is 6.37. The monoisotopic (exact) mass is 438 g/mol. The first-order chi connectivity index (χ1) is 15.0. The van der Waals surface area contributed by atoms with Gasteiger partial charge in [0.15, 0.2) is 5.82 Å². The lowest BCUT2D eigenvalue weighted by atomic mass is 10.0. The van der Waals surface area contributed by atoms with E-state index >= 15 is 0 Å². The number of carbonyl (C=O) groups excluding carboxylic acids is 1. The summed E-state index contributed by atoms with van der Waals surface area (Å²) in [7, 11) is 0. The Balaban J connectivity index is 1.34. The molecule has 0 spiro atoms. The number of nitrogens with zero attached hydrogens (tertiary/aromatic N) is 6. The van der Waals surface area contributed by atoms with E-state index in [9.17, 15) is 9.18 Å². The number of anilines is 1. The van der Waals surface area contributed by atoms with Crippen LogP contribution in [0.15, 0.2) is 42.9 Å². The van der Waals surface area contributed by atoms with Crippen LogP contribution in [0.25, 0.3) is 11.4 Å². The molecule has 2 saturated heterocycles. The van der Waals surface area contributed by atoms with E-state index in [0.29, 0.717) is 41.5 Å². The Kier molecular flexibility index (Phi) is 5.02. The number of likely N-dealkylation sites (tertiary alicyclic amines) is 1. The van der Waals surface area contributed by atoms with Crippen molar-refractivity contribution in [2.24, 2.45) is 11.8 Å². The highest BCUT2D eigenvalue weighted by molar-refractivity contribution is 6.31. The molecule has 1 amide bonds. The number of fused-ring (bicyclic) bond motifs is 1. The van der Waals surface area contributed by atoms with Crippen LogP contribution in [-0.2, 0) is 0 Å². The zero-order valence-electron chi connectivity index (χ0n) is 16.9. The summed E-state index contributed by atoms with van der Waals surface area (Å²) < 4.78 is 14.6. The molecule has 2 fully saturated rings. The molecule has 3 aromatic rings. The van der Waals surface area contributed by atoms with E-state index in [-0.39, 0.29) is 17.3 Å². The van der Waals surface area contributed by atoms with Gasteiger partial charge in [0.05, 0.1) is 28.0 Å². The van der Waals surface area contributed by atoms with Crippen molar-refractivity contribution in [3.63, 3.8) is 0 Å². The molecule has 2 aliphatic heterocycles. The van der Waals surface area contributed by atoms with E-state index in [1.54, 1.807) is 36.8 Å². The van der Waals surface area contributed by atoms with Gasteiger partial charge in [-0.3, -0.25) is 4.79 Å². The predicted molar refractivity (Wildman–Crippen MR) is 114 cm³/mol. The number of hydrogen-bond donors (Lipinski definition) is 0. The largest absolute Gasteiger partial charge is 0.340 e. The molecule has 2 aromatic heterocycles. The summed E-state index contributed by atoms with van der Waals surface area (Å²) in [6.07, 6.45) is 4.71. The van der Waals surface area contributed by atoms with E-state index in [4.69, 9.17) is 11.6 Å². The van der Waals surface area contributed by atoms with Gasteiger partial charge in [0.1, 0.15) is 5.82 Å². The van der Waals surface area contributed by atoms with Crippen molar-refractivity contribution in [2.75, 3.05) is 31.1 Å². The second kappa shape index (κ2) is 7.85. The smallest absolute Gasteiger partial charge is 0.254 e. The van der Waals surface area contributed by atoms with Crippen molar-refractivity contribution >= 4 is 23.5 Å². The predicted octanol–water partition coefficient (Wildman–Crippen LogP) is 3.24. The quantitative estimate of drug-likeness (QED) is 0.625. The maximum Gasteiger partial charge on any atom is 0.254 e. The lowest BCUT2D eigenvalue weighted by Crippen LogP contribution is -2.34. The van der Waals surface area contributed by atoms with Crippen LogP contribution < -0.4 is 4.90 Å². The van der Waals surface area contributed by atoms with Crippen molar-refractivity contribution in [1.82, 2.24) is 24.8 Å². The number of rotatable bonds is 3. The molecule has 4 heterocycles. The zero-order chi connectivity index (χ0) is 21.5. The van der Waals surface area contributed by atoms with E-state index in [0.717, 1.165) is 18.8 Å². The van der Waals surface area contributed by atoms with Crippen LogP contribution in [0.5, 0.6) is 0 Å². The van der Waals surface area contributed by atoms with Gasteiger partial charge in [0.25, 0.3) is 5.91 Å². The molecule has 31 heavy (non-hydrogen) atoms. The highest BCUT2D eigenvalue weighted by Gasteiger charge is 2.43. The van der Waals surface area contributed by atoms with E-state index in [2.05, 4.69) is 24.8 Å². The van der Waals surface area contributed by atoms with Crippen LogP contribution >= 0.6 is 11.6 Å². The minimum Gasteiger partial charge on any atom is -0.340 e. The molecule has 2 unspecified atom stereocenters. The summed E-state index contributed by atoms with van der Waals surface area (Å²) in [6.45, 7) is 4.62. The van der Waals surface area contributed by atoms with Crippen LogP contribution in [0, 0.1) is 24.6 Å². The number of aromatic nitrogens is 4. The van der Waals surface area contributed by atoms with Gasteiger partial charge in [-0.1, -0.05) is 17.7 Å². The van der Waals surface area contributed by atoms with E-state index in [1.165, 1.54) is 6.07 Å². The van der Waals surface area contributed by atoms with Gasteiger partial charge < -0.3 is 9.80 Å². The lowest BCUT2D eigenvalue weighted by Gasteiger charge is -2.23. The molecule has 1 aromatic carbocycles. The Hall–Kier alpha value is -3.13. The highest BCUT2D eigenvalue weighted by Crippen LogP contribution is 2.35. The fourth-order valence-electron chi connectivity index (χ4n) is 4.44.